The first-order valence-electron chi connectivity index (χ1n) is 6.09. The zero-order valence-corrected chi connectivity index (χ0v) is 12.2. The van der Waals surface area contributed by atoms with Crippen LogP contribution in [0.1, 0.15) is 27.2 Å². The highest BCUT2D eigenvalue weighted by atomic mass is 31.2. The quantitative estimate of drug-likeness (QED) is 0.374. The van der Waals surface area contributed by atoms with Crippen molar-refractivity contribution < 1.29 is 23.6 Å². The Labute approximate surface area is 112 Å². The Kier molecular flexibility index (Phi) is 5.34. The van der Waals surface area contributed by atoms with Crippen molar-refractivity contribution in [1.29, 1.82) is 0 Å². The van der Waals surface area contributed by atoms with Gasteiger partial charge in [0.05, 0.1) is 19.4 Å². The summed E-state index contributed by atoms with van der Waals surface area (Å²) in [6, 6.07) is -0.460. The van der Waals surface area contributed by atoms with Gasteiger partial charge in [0.25, 0.3) is 0 Å². The summed E-state index contributed by atoms with van der Waals surface area (Å²) in [5.74, 6) is 0.0945. The third-order valence-electron chi connectivity index (χ3n) is 2.78. The van der Waals surface area contributed by atoms with E-state index >= 15 is 0 Å². The van der Waals surface area contributed by atoms with Gasteiger partial charge in [0.2, 0.25) is 0 Å². The largest absolute Gasteiger partial charge is 0.409 e. The smallest absolute Gasteiger partial charge is 0.330 e. The van der Waals surface area contributed by atoms with Gasteiger partial charge in [0.1, 0.15) is 5.54 Å². The molecule has 0 radical (unpaired) electrons. The van der Waals surface area contributed by atoms with E-state index in [1.54, 1.807) is 20.8 Å². The van der Waals surface area contributed by atoms with Crippen LogP contribution in [0, 0.1) is 0 Å². The van der Waals surface area contributed by atoms with Crippen LogP contribution in [0.5, 0.6) is 0 Å². The number of urea groups is 1. The summed E-state index contributed by atoms with van der Waals surface area (Å²) in [6.45, 7) is 5.68. The summed E-state index contributed by atoms with van der Waals surface area (Å²) in [7, 11) is -3.19. The second-order valence-electron chi connectivity index (χ2n) is 4.28. The van der Waals surface area contributed by atoms with Gasteiger partial charge in [0.15, 0.2) is 5.84 Å². The zero-order valence-electron chi connectivity index (χ0n) is 11.3. The van der Waals surface area contributed by atoms with Crippen LogP contribution in [0.2, 0.25) is 0 Å². The molecule has 0 saturated carbocycles. The number of nitrogens with one attached hydrogen (secondary N) is 2. The fourth-order valence-corrected chi connectivity index (χ4v) is 3.66. The third kappa shape index (κ3) is 3.92. The monoisotopic (exact) mass is 293 g/mol. The molecule has 1 atom stereocenters. The molecule has 19 heavy (non-hydrogen) atoms. The molecule has 0 spiro atoms. The van der Waals surface area contributed by atoms with Crippen molar-refractivity contribution in [3.63, 3.8) is 0 Å². The predicted molar refractivity (Wildman–Crippen MR) is 69.6 cm³/mol. The molecule has 0 aromatic carbocycles. The lowest BCUT2D eigenvalue weighted by Crippen LogP contribution is -2.44. The molecule has 3 N–H and O–H groups in total. The van der Waals surface area contributed by atoms with Crippen molar-refractivity contribution in [1.82, 2.24) is 10.6 Å². The molecular weight excluding hydrogens is 273 g/mol. The number of hydrogen-bond acceptors (Lipinski definition) is 6. The predicted octanol–water partition coefficient (Wildman–Crippen LogP) is 1.50. The SMILES string of the molecule is CCOP(=O)(CCC1(C)NC(=O)NC1=NO)OCC. The Morgan fingerprint density at radius 2 is 1.95 bits per heavy atom. The standard InChI is InChI=1S/C10H20N3O5P/c1-4-17-19(16,18-5-2)7-6-10(3)8(13-15)11-9(14)12-10/h15H,4-7H2,1-3H3,(H2,11,12,13,14). The molecule has 2 amide bonds. The number of nitrogens with zero attached hydrogens (tertiary/aromatic N) is 1. The normalized spacial score (nSPS) is 25.4. The topological polar surface area (TPSA) is 109 Å². The number of hydrogen-bond donors (Lipinski definition) is 3. The molecule has 1 fully saturated rings. The average Bonchev–Trinajstić information content (AvgIpc) is 2.63. The Morgan fingerprint density at radius 1 is 1.37 bits per heavy atom. The molecule has 0 bridgehead atoms. The molecule has 1 aliphatic heterocycles. The van der Waals surface area contributed by atoms with Gasteiger partial charge in [-0.15, -0.1) is 0 Å². The van der Waals surface area contributed by atoms with Crippen molar-refractivity contribution in [2.24, 2.45) is 5.16 Å². The molecule has 0 aromatic heterocycles. The summed E-state index contributed by atoms with van der Waals surface area (Å²) < 4.78 is 22.6. The van der Waals surface area contributed by atoms with Gasteiger partial charge in [-0.2, -0.15) is 0 Å². The van der Waals surface area contributed by atoms with E-state index in [0.29, 0.717) is 0 Å². The minimum Gasteiger partial charge on any atom is -0.409 e. The van der Waals surface area contributed by atoms with Gasteiger partial charge in [-0.25, -0.2) is 4.79 Å². The highest BCUT2D eigenvalue weighted by molar-refractivity contribution is 7.53. The van der Waals surface area contributed by atoms with Gasteiger partial charge < -0.3 is 19.6 Å². The maximum Gasteiger partial charge on any atom is 0.330 e. The van der Waals surface area contributed by atoms with E-state index in [9.17, 15) is 9.36 Å². The lowest BCUT2D eigenvalue weighted by molar-refractivity contribution is 0.217. The second-order valence-corrected chi connectivity index (χ2v) is 6.47. The Morgan fingerprint density at radius 3 is 2.42 bits per heavy atom. The molecule has 1 unspecified atom stereocenters. The van der Waals surface area contributed by atoms with Crippen LogP contribution in [-0.2, 0) is 13.6 Å². The van der Waals surface area contributed by atoms with Crippen LogP contribution in [0.25, 0.3) is 0 Å². The number of amidine groups is 1. The first kappa shape index (κ1) is 15.9. The van der Waals surface area contributed by atoms with Gasteiger partial charge >= 0.3 is 13.6 Å². The number of oxime groups is 1. The van der Waals surface area contributed by atoms with Crippen LogP contribution < -0.4 is 10.6 Å². The summed E-state index contributed by atoms with van der Waals surface area (Å²) in [6.07, 6.45) is 0.384. The molecule has 1 heterocycles. The van der Waals surface area contributed by atoms with Crippen molar-refractivity contribution in [2.75, 3.05) is 19.4 Å². The highest BCUT2D eigenvalue weighted by Crippen LogP contribution is 2.49. The molecule has 1 rings (SSSR count). The summed E-state index contributed by atoms with van der Waals surface area (Å²) in [4.78, 5) is 11.3. The van der Waals surface area contributed by atoms with Crippen molar-refractivity contribution >= 4 is 19.5 Å². The maximum absolute atomic E-state index is 12.3. The van der Waals surface area contributed by atoms with Gasteiger partial charge in [0, 0.05) is 0 Å². The highest BCUT2D eigenvalue weighted by Gasteiger charge is 2.42. The fraction of sp³-hybridized carbons (Fsp3) is 0.800. The maximum atomic E-state index is 12.3. The minimum atomic E-state index is -3.19. The average molecular weight is 293 g/mol. The van der Waals surface area contributed by atoms with Crippen molar-refractivity contribution in [3.05, 3.63) is 0 Å². The van der Waals surface area contributed by atoms with E-state index in [-0.39, 0.29) is 31.6 Å². The number of rotatable bonds is 7. The van der Waals surface area contributed by atoms with Crippen LogP contribution in [0.15, 0.2) is 5.16 Å². The molecular formula is C10H20N3O5P. The Hall–Kier alpha value is -1.11. The van der Waals surface area contributed by atoms with E-state index in [2.05, 4.69) is 15.8 Å². The molecule has 0 aromatic rings. The molecule has 0 aliphatic carbocycles. The molecule has 1 saturated heterocycles. The summed E-state index contributed by atoms with van der Waals surface area (Å²) in [5, 5.41) is 16.9. The van der Waals surface area contributed by atoms with Crippen LogP contribution in [0.4, 0.5) is 4.79 Å². The fourth-order valence-electron chi connectivity index (χ4n) is 1.82. The van der Waals surface area contributed by atoms with E-state index in [1.807, 2.05) is 0 Å². The van der Waals surface area contributed by atoms with Crippen molar-refractivity contribution in [2.45, 2.75) is 32.7 Å². The molecule has 9 heteroatoms. The second kappa shape index (κ2) is 6.36. The molecule has 110 valence electrons. The summed E-state index contributed by atoms with van der Waals surface area (Å²) >= 11 is 0. The molecule has 8 nitrogen and oxygen atoms in total. The van der Waals surface area contributed by atoms with E-state index in [1.165, 1.54) is 0 Å². The van der Waals surface area contributed by atoms with E-state index < -0.39 is 19.2 Å². The van der Waals surface area contributed by atoms with Crippen LogP contribution in [0.3, 0.4) is 0 Å². The third-order valence-corrected chi connectivity index (χ3v) is 4.86. The van der Waals surface area contributed by atoms with Crippen LogP contribution in [-0.4, -0.2) is 42.0 Å². The minimum absolute atomic E-state index is 0.0945. The lowest BCUT2D eigenvalue weighted by Gasteiger charge is -2.25. The van der Waals surface area contributed by atoms with Gasteiger partial charge in [-0.3, -0.25) is 9.88 Å². The number of carbonyl (C=O) groups is 1. The first-order valence-corrected chi connectivity index (χ1v) is 7.81. The van der Waals surface area contributed by atoms with Gasteiger partial charge in [-0.1, -0.05) is 5.16 Å². The lowest BCUT2D eigenvalue weighted by atomic mass is 9.99. The van der Waals surface area contributed by atoms with Crippen LogP contribution >= 0.6 is 7.60 Å². The van der Waals surface area contributed by atoms with E-state index in [0.717, 1.165) is 0 Å². The number of amides is 2. The van der Waals surface area contributed by atoms with E-state index in [4.69, 9.17) is 14.3 Å². The Bertz CT molecular complexity index is 404. The van der Waals surface area contributed by atoms with Crippen molar-refractivity contribution in [3.8, 4) is 0 Å². The molecule has 1 aliphatic rings. The Balaban J connectivity index is 2.73. The first-order chi connectivity index (χ1) is 8.89. The summed E-state index contributed by atoms with van der Waals surface area (Å²) in [5.41, 5.74) is -0.907. The number of carbonyl (C=O) groups excluding carboxylic acids is 1. The zero-order chi connectivity index (χ0) is 14.5. The van der Waals surface area contributed by atoms with Gasteiger partial charge in [-0.05, 0) is 27.2 Å².